The predicted octanol–water partition coefficient (Wildman–Crippen LogP) is 3.49. The molecule has 1 N–H and O–H groups in total. The van der Waals surface area contributed by atoms with Crippen LogP contribution in [0.15, 0.2) is 18.2 Å². The van der Waals surface area contributed by atoms with E-state index in [9.17, 15) is 8.78 Å². The van der Waals surface area contributed by atoms with Crippen LogP contribution in [0.4, 0.5) is 8.78 Å². The Morgan fingerprint density at radius 2 is 1.81 bits per heavy atom. The van der Waals surface area contributed by atoms with Gasteiger partial charge in [0, 0.05) is 12.6 Å². The number of nitrogens with one attached hydrogen (secondary N) is 1. The highest BCUT2D eigenvalue weighted by atomic mass is 19.2. The molecule has 1 atom stereocenters. The maximum absolute atomic E-state index is 12.9. The van der Waals surface area contributed by atoms with Crippen LogP contribution in [0.25, 0.3) is 0 Å². The molecule has 1 unspecified atom stereocenters. The molecule has 0 amide bonds. The van der Waals surface area contributed by atoms with Crippen molar-refractivity contribution < 1.29 is 8.78 Å². The average Bonchev–Trinajstić information content (AvgIpc) is 2.18. The highest BCUT2D eigenvalue weighted by molar-refractivity contribution is 5.17. The lowest BCUT2D eigenvalue weighted by Crippen LogP contribution is -2.37. The maximum atomic E-state index is 12.9. The lowest BCUT2D eigenvalue weighted by molar-refractivity contribution is 0.285. The zero-order valence-corrected chi connectivity index (χ0v) is 10.3. The summed E-state index contributed by atoms with van der Waals surface area (Å²) in [6, 6.07) is 4.30. The molecule has 0 radical (unpaired) electrons. The Morgan fingerprint density at radius 1 is 1.19 bits per heavy atom. The van der Waals surface area contributed by atoms with Crippen LogP contribution in [-0.4, -0.2) is 6.04 Å². The molecule has 0 aliphatic rings. The van der Waals surface area contributed by atoms with Crippen molar-refractivity contribution >= 4 is 0 Å². The molecule has 1 rings (SSSR count). The topological polar surface area (TPSA) is 12.0 Å². The van der Waals surface area contributed by atoms with Crippen LogP contribution in [0.3, 0.4) is 0 Å². The summed E-state index contributed by atoms with van der Waals surface area (Å²) in [7, 11) is 0. The van der Waals surface area contributed by atoms with E-state index >= 15 is 0 Å². The standard InChI is InChI=1S/C13H19F2N/c1-9(13(2,3)4)16-8-10-5-6-11(14)12(15)7-10/h5-7,9,16H,8H2,1-4H3. The van der Waals surface area contributed by atoms with Gasteiger partial charge in [-0.25, -0.2) is 8.78 Å². The van der Waals surface area contributed by atoms with E-state index in [-0.39, 0.29) is 5.41 Å². The zero-order chi connectivity index (χ0) is 12.3. The lowest BCUT2D eigenvalue weighted by atomic mass is 9.88. The van der Waals surface area contributed by atoms with E-state index in [1.54, 1.807) is 6.07 Å². The third-order valence-electron chi connectivity index (χ3n) is 2.90. The molecular formula is C13H19F2N. The van der Waals surface area contributed by atoms with Crippen LogP contribution in [0.5, 0.6) is 0 Å². The monoisotopic (exact) mass is 227 g/mol. The van der Waals surface area contributed by atoms with Crippen LogP contribution in [0.1, 0.15) is 33.3 Å². The minimum Gasteiger partial charge on any atom is -0.310 e. The molecule has 0 aliphatic heterocycles. The second-order valence-corrected chi connectivity index (χ2v) is 5.22. The largest absolute Gasteiger partial charge is 0.310 e. The van der Waals surface area contributed by atoms with Crippen molar-refractivity contribution in [2.75, 3.05) is 0 Å². The fraction of sp³-hybridized carbons (Fsp3) is 0.538. The van der Waals surface area contributed by atoms with Gasteiger partial charge in [-0.2, -0.15) is 0 Å². The molecule has 0 heterocycles. The van der Waals surface area contributed by atoms with Gasteiger partial charge < -0.3 is 5.32 Å². The van der Waals surface area contributed by atoms with Crippen LogP contribution < -0.4 is 5.32 Å². The minimum atomic E-state index is -0.799. The van der Waals surface area contributed by atoms with Crippen molar-refractivity contribution in [1.82, 2.24) is 5.32 Å². The van der Waals surface area contributed by atoms with Gasteiger partial charge >= 0.3 is 0 Å². The quantitative estimate of drug-likeness (QED) is 0.833. The van der Waals surface area contributed by atoms with Crippen LogP contribution >= 0.6 is 0 Å². The summed E-state index contributed by atoms with van der Waals surface area (Å²) in [6.45, 7) is 9.04. The van der Waals surface area contributed by atoms with Gasteiger partial charge in [0.05, 0.1) is 0 Å². The third kappa shape index (κ3) is 3.56. The van der Waals surface area contributed by atoms with Crippen LogP contribution in [0.2, 0.25) is 0 Å². The first-order chi connectivity index (χ1) is 7.30. The molecular weight excluding hydrogens is 208 g/mol. The van der Waals surface area contributed by atoms with E-state index in [1.165, 1.54) is 6.07 Å². The van der Waals surface area contributed by atoms with Crippen molar-refractivity contribution in [2.24, 2.45) is 5.41 Å². The number of hydrogen-bond donors (Lipinski definition) is 1. The summed E-state index contributed by atoms with van der Waals surface area (Å²) < 4.78 is 25.6. The van der Waals surface area contributed by atoms with E-state index in [0.29, 0.717) is 12.6 Å². The molecule has 0 bridgehead atoms. The van der Waals surface area contributed by atoms with Gasteiger partial charge in [0.2, 0.25) is 0 Å². The molecule has 1 aromatic carbocycles. The van der Waals surface area contributed by atoms with Gasteiger partial charge in [-0.15, -0.1) is 0 Å². The fourth-order valence-corrected chi connectivity index (χ4v) is 1.23. The number of rotatable bonds is 3. The Labute approximate surface area is 95.9 Å². The van der Waals surface area contributed by atoms with Gasteiger partial charge in [0.15, 0.2) is 11.6 Å². The molecule has 0 fully saturated rings. The molecule has 0 saturated carbocycles. The highest BCUT2D eigenvalue weighted by Gasteiger charge is 2.19. The zero-order valence-electron chi connectivity index (χ0n) is 10.3. The first-order valence-corrected chi connectivity index (χ1v) is 5.48. The van der Waals surface area contributed by atoms with Gasteiger partial charge in [-0.1, -0.05) is 26.8 Å². The number of halogens is 2. The molecule has 0 spiro atoms. The van der Waals surface area contributed by atoms with Crippen molar-refractivity contribution in [3.63, 3.8) is 0 Å². The minimum absolute atomic E-state index is 0.151. The van der Waals surface area contributed by atoms with E-state index in [0.717, 1.165) is 11.6 Å². The highest BCUT2D eigenvalue weighted by Crippen LogP contribution is 2.19. The lowest BCUT2D eigenvalue weighted by Gasteiger charge is -2.28. The van der Waals surface area contributed by atoms with Gasteiger partial charge in [0.25, 0.3) is 0 Å². The van der Waals surface area contributed by atoms with Crippen molar-refractivity contribution in [1.29, 1.82) is 0 Å². The maximum Gasteiger partial charge on any atom is 0.159 e. The number of hydrogen-bond acceptors (Lipinski definition) is 1. The second kappa shape index (κ2) is 4.91. The Morgan fingerprint density at radius 3 is 2.31 bits per heavy atom. The Bertz CT molecular complexity index is 355. The average molecular weight is 227 g/mol. The summed E-state index contributed by atoms with van der Waals surface area (Å²) in [4.78, 5) is 0. The molecule has 1 nitrogen and oxygen atoms in total. The van der Waals surface area contributed by atoms with E-state index in [4.69, 9.17) is 0 Å². The van der Waals surface area contributed by atoms with Gasteiger partial charge in [-0.3, -0.25) is 0 Å². The van der Waals surface area contributed by atoms with Crippen LogP contribution in [-0.2, 0) is 6.54 Å². The van der Waals surface area contributed by atoms with Crippen molar-refractivity contribution in [2.45, 2.75) is 40.3 Å². The normalized spacial score (nSPS) is 13.9. The van der Waals surface area contributed by atoms with Crippen molar-refractivity contribution in [3.05, 3.63) is 35.4 Å². The van der Waals surface area contributed by atoms with E-state index in [2.05, 4.69) is 33.0 Å². The van der Waals surface area contributed by atoms with Crippen LogP contribution in [0, 0.1) is 17.0 Å². The Balaban J connectivity index is 2.58. The Hall–Kier alpha value is -0.960. The first kappa shape index (κ1) is 13.1. The fourth-order valence-electron chi connectivity index (χ4n) is 1.23. The smallest absolute Gasteiger partial charge is 0.159 e. The summed E-state index contributed by atoms with van der Waals surface area (Å²) in [5.41, 5.74) is 0.911. The third-order valence-corrected chi connectivity index (χ3v) is 2.90. The summed E-state index contributed by atoms with van der Waals surface area (Å²) in [6.07, 6.45) is 0. The second-order valence-electron chi connectivity index (χ2n) is 5.22. The summed E-state index contributed by atoms with van der Waals surface area (Å²) >= 11 is 0. The Kier molecular flexibility index (Phi) is 4.03. The molecule has 3 heteroatoms. The molecule has 0 saturated heterocycles. The molecule has 90 valence electrons. The molecule has 16 heavy (non-hydrogen) atoms. The summed E-state index contributed by atoms with van der Waals surface area (Å²) in [5.74, 6) is -1.59. The van der Waals surface area contributed by atoms with Crippen molar-refractivity contribution in [3.8, 4) is 0 Å². The van der Waals surface area contributed by atoms with Gasteiger partial charge in [0.1, 0.15) is 0 Å². The van der Waals surface area contributed by atoms with E-state index in [1.807, 2.05) is 0 Å². The van der Waals surface area contributed by atoms with Gasteiger partial charge in [-0.05, 0) is 30.0 Å². The first-order valence-electron chi connectivity index (χ1n) is 5.48. The molecule has 0 aromatic heterocycles. The predicted molar refractivity (Wildman–Crippen MR) is 62.1 cm³/mol. The SMILES string of the molecule is CC(NCc1ccc(F)c(F)c1)C(C)(C)C. The van der Waals surface area contributed by atoms with E-state index < -0.39 is 11.6 Å². The summed E-state index contributed by atoms with van der Waals surface area (Å²) in [5, 5.41) is 3.30. The molecule has 0 aliphatic carbocycles. The molecule has 1 aromatic rings. The number of benzene rings is 1.